The zero-order chi connectivity index (χ0) is 23.5. The standard InChI is InChI=1S/C21H22F3N7O2/c1-11-9-31(10-12(2)32-11)21-26-8-16(22)19(28-21)27-17-7-15(18(25)30-29-17)13-3-5-14(6-4-13)33-20(23)24/h3-8,11-12,20H,9-10H2,1-2H3,(H2,25,30)(H,26,27,28,29)/t11-,12+. The minimum Gasteiger partial charge on any atom is -0.435 e. The molecule has 0 spiro atoms. The Bertz CT molecular complexity index is 1110. The van der Waals surface area contributed by atoms with Crippen LogP contribution >= 0.6 is 0 Å². The number of hydrogen-bond acceptors (Lipinski definition) is 9. The van der Waals surface area contributed by atoms with Crippen LogP contribution in [0.15, 0.2) is 36.5 Å². The van der Waals surface area contributed by atoms with Crippen molar-refractivity contribution in [3.8, 4) is 16.9 Å². The number of halogens is 3. The molecule has 3 N–H and O–H groups in total. The van der Waals surface area contributed by atoms with E-state index >= 15 is 0 Å². The van der Waals surface area contributed by atoms with Crippen LogP contribution in [0.4, 0.5) is 36.6 Å². The molecule has 0 amide bonds. The van der Waals surface area contributed by atoms with Crippen LogP contribution in [0.1, 0.15) is 13.8 Å². The van der Waals surface area contributed by atoms with E-state index < -0.39 is 12.4 Å². The van der Waals surface area contributed by atoms with Gasteiger partial charge in [0.2, 0.25) is 5.95 Å². The molecule has 1 fully saturated rings. The largest absolute Gasteiger partial charge is 0.435 e. The summed E-state index contributed by atoms with van der Waals surface area (Å²) in [6.07, 6.45) is 1.06. The third kappa shape index (κ3) is 5.40. The molecule has 1 aliphatic heterocycles. The van der Waals surface area contributed by atoms with E-state index in [4.69, 9.17) is 10.5 Å². The number of alkyl halides is 2. The van der Waals surface area contributed by atoms with Crippen molar-refractivity contribution in [3.63, 3.8) is 0 Å². The van der Waals surface area contributed by atoms with E-state index in [-0.39, 0.29) is 35.4 Å². The lowest BCUT2D eigenvalue weighted by atomic mass is 10.1. The van der Waals surface area contributed by atoms with Gasteiger partial charge in [0.15, 0.2) is 23.3 Å². The van der Waals surface area contributed by atoms with E-state index in [1.54, 1.807) is 18.2 Å². The number of nitrogens with one attached hydrogen (secondary N) is 1. The van der Waals surface area contributed by atoms with Gasteiger partial charge in [-0.05, 0) is 37.6 Å². The molecule has 0 bridgehead atoms. The molecular formula is C21H22F3N7O2. The van der Waals surface area contributed by atoms with E-state index in [1.165, 1.54) is 12.1 Å². The van der Waals surface area contributed by atoms with Crippen LogP contribution in [0.2, 0.25) is 0 Å². The summed E-state index contributed by atoms with van der Waals surface area (Å²) in [6.45, 7) is 2.13. The van der Waals surface area contributed by atoms with Crippen LogP contribution in [-0.4, -0.2) is 52.1 Å². The SMILES string of the molecule is C[C@@H]1CN(c2ncc(F)c(Nc3cc(-c4ccc(OC(F)F)cc4)c(N)nn3)n2)C[C@H](C)O1. The summed E-state index contributed by atoms with van der Waals surface area (Å²) in [5.41, 5.74) is 7.00. The van der Waals surface area contributed by atoms with Gasteiger partial charge in [-0.3, -0.25) is 0 Å². The number of benzene rings is 1. The molecule has 12 heteroatoms. The number of hydrogen-bond donors (Lipinski definition) is 2. The van der Waals surface area contributed by atoms with Crippen molar-refractivity contribution in [2.75, 3.05) is 29.0 Å². The number of nitrogens with zero attached hydrogens (tertiary/aromatic N) is 5. The average Bonchev–Trinajstić information content (AvgIpc) is 2.76. The zero-order valence-corrected chi connectivity index (χ0v) is 17.9. The monoisotopic (exact) mass is 461 g/mol. The molecule has 3 aromatic rings. The highest BCUT2D eigenvalue weighted by Gasteiger charge is 2.25. The molecular weight excluding hydrogens is 439 g/mol. The maximum atomic E-state index is 14.4. The van der Waals surface area contributed by atoms with Crippen molar-refractivity contribution in [2.24, 2.45) is 0 Å². The highest BCUT2D eigenvalue weighted by molar-refractivity contribution is 5.76. The van der Waals surface area contributed by atoms with Crippen LogP contribution in [0.5, 0.6) is 5.75 Å². The Labute approximate surface area is 187 Å². The van der Waals surface area contributed by atoms with E-state index in [9.17, 15) is 13.2 Å². The maximum Gasteiger partial charge on any atom is 0.387 e. The number of nitrogen functional groups attached to an aromatic ring is 1. The summed E-state index contributed by atoms with van der Waals surface area (Å²) in [6, 6.07) is 7.44. The van der Waals surface area contributed by atoms with Gasteiger partial charge in [-0.1, -0.05) is 12.1 Å². The second-order valence-corrected chi connectivity index (χ2v) is 7.59. The molecule has 2 atom stereocenters. The molecule has 33 heavy (non-hydrogen) atoms. The molecule has 3 heterocycles. The predicted molar refractivity (Wildman–Crippen MR) is 116 cm³/mol. The summed E-state index contributed by atoms with van der Waals surface area (Å²) in [4.78, 5) is 10.3. The summed E-state index contributed by atoms with van der Waals surface area (Å²) in [7, 11) is 0. The first-order chi connectivity index (χ1) is 15.8. The molecule has 0 saturated carbocycles. The van der Waals surface area contributed by atoms with Gasteiger partial charge in [0.1, 0.15) is 5.75 Å². The first-order valence-electron chi connectivity index (χ1n) is 10.2. The third-order valence-corrected chi connectivity index (χ3v) is 4.89. The van der Waals surface area contributed by atoms with Crippen LogP contribution in [0.25, 0.3) is 11.1 Å². The minimum absolute atomic E-state index is 0.00928. The van der Waals surface area contributed by atoms with Crippen molar-refractivity contribution in [1.29, 1.82) is 0 Å². The van der Waals surface area contributed by atoms with Gasteiger partial charge in [0.05, 0.1) is 18.4 Å². The van der Waals surface area contributed by atoms with Gasteiger partial charge in [-0.2, -0.15) is 13.8 Å². The van der Waals surface area contributed by atoms with E-state index in [0.717, 1.165) is 6.20 Å². The normalized spacial score (nSPS) is 18.4. The van der Waals surface area contributed by atoms with Crippen molar-refractivity contribution < 1.29 is 22.6 Å². The topological polar surface area (TPSA) is 111 Å². The number of nitrogens with two attached hydrogens (primary N) is 1. The van der Waals surface area contributed by atoms with Gasteiger partial charge in [-0.25, -0.2) is 9.37 Å². The Kier molecular flexibility index (Phi) is 6.45. The Morgan fingerprint density at radius 3 is 2.52 bits per heavy atom. The highest BCUT2D eigenvalue weighted by atomic mass is 19.3. The van der Waals surface area contributed by atoms with Crippen LogP contribution in [0, 0.1) is 5.82 Å². The van der Waals surface area contributed by atoms with E-state index in [0.29, 0.717) is 30.2 Å². The molecule has 2 aromatic heterocycles. The van der Waals surface area contributed by atoms with Gasteiger partial charge in [0.25, 0.3) is 0 Å². The second-order valence-electron chi connectivity index (χ2n) is 7.59. The highest BCUT2D eigenvalue weighted by Crippen LogP contribution is 2.29. The maximum absolute atomic E-state index is 14.4. The quantitative estimate of drug-likeness (QED) is 0.569. The second kappa shape index (κ2) is 9.45. The Balaban J connectivity index is 1.57. The van der Waals surface area contributed by atoms with Crippen molar-refractivity contribution in [3.05, 3.63) is 42.3 Å². The van der Waals surface area contributed by atoms with E-state index in [1.807, 2.05) is 18.7 Å². The first-order valence-corrected chi connectivity index (χ1v) is 10.2. The first kappa shape index (κ1) is 22.5. The van der Waals surface area contributed by atoms with Crippen LogP contribution in [0.3, 0.4) is 0 Å². The smallest absolute Gasteiger partial charge is 0.387 e. The number of anilines is 4. The molecule has 1 aromatic carbocycles. The van der Waals surface area contributed by atoms with E-state index in [2.05, 4.69) is 30.2 Å². The molecule has 9 nitrogen and oxygen atoms in total. The summed E-state index contributed by atoms with van der Waals surface area (Å²) in [5.74, 6) is -0.0592. The zero-order valence-electron chi connectivity index (χ0n) is 17.9. The summed E-state index contributed by atoms with van der Waals surface area (Å²) < 4.78 is 49.3. The van der Waals surface area contributed by atoms with Gasteiger partial charge in [0, 0.05) is 18.7 Å². The number of rotatable bonds is 6. The molecule has 4 rings (SSSR count). The molecule has 174 valence electrons. The van der Waals surface area contributed by atoms with Crippen molar-refractivity contribution in [1.82, 2.24) is 20.2 Å². The van der Waals surface area contributed by atoms with Crippen LogP contribution < -0.4 is 20.7 Å². The van der Waals surface area contributed by atoms with Crippen LogP contribution in [-0.2, 0) is 4.74 Å². The van der Waals surface area contributed by atoms with Gasteiger partial charge in [-0.15, -0.1) is 10.2 Å². The van der Waals surface area contributed by atoms with Gasteiger partial charge >= 0.3 is 6.61 Å². The molecule has 0 aliphatic carbocycles. The number of aromatic nitrogens is 4. The molecule has 0 radical (unpaired) electrons. The Morgan fingerprint density at radius 1 is 1.15 bits per heavy atom. The fraction of sp³-hybridized carbons (Fsp3) is 0.333. The van der Waals surface area contributed by atoms with Crippen molar-refractivity contribution >= 4 is 23.4 Å². The van der Waals surface area contributed by atoms with Gasteiger partial charge < -0.3 is 25.4 Å². The van der Waals surface area contributed by atoms with Crippen molar-refractivity contribution in [2.45, 2.75) is 32.7 Å². The molecule has 0 unspecified atom stereocenters. The number of ether oxygens (including phenoxy) is 2. The third-order valence-electron chi connectivity index (χ3n) is 4.89. The fourth-order valence-corrected chi connectivity index (χ4v) is 3.57. The Morgan fingerprint density at radius 2 is 1.85 bits per heavy atom. The number of morpholine rings is 1. The average molecular weight is 461 g/mol. The minimum atomic E-state index is -2.92. The lowest BCUT2D eigenvalue weighted by molar-refractivity contribution is -0.0498. The molecule has 1 saturated heterocycles. The predicted octanol–water partition coefficient (Wildman–Crippen LogP) is 3.61. The Hall–Kier alpha value is -3.67. The fourth-order valence-electron chi connectivity index (χ4n) is 3.57. The lowest BCUT2D eigenvalue weighted by Crippen LogP contribution is -2.46. The molecule has 1 aliphatic rings. The lowest BCUT2D eigenvalue weighted by Gasteiger charge is -2.35. The summed E-state index contributed by atoms with van der Waals surface area (Å²) >= 11 is 0. The summed E-state index contributed by atoms with van der Waals surface area (Å²) in [5, 5.41) is 10.7.